The number of carbonyl (C=O) groups excluding carboxylic acids is 1. The van der Waals surface area contributed by atoms with Gasteiger partial charge in [0.15, 0.2) is 5.78 Å². The molecule has 2 heteroatoms. The van der Waals surface area contributed by atoms with Crippen LogP contribution in [-0.2, 0) is 4.79 Å². The van der Waals surface area contributed by atoms with E-state index in [1.165, 1.54) is 22.0 Å². The molecule has 1 nitrogen and oxygen atoms in total. The van der Waals surface area contributed by atoms with Gasteiger partial charge in [0.05, 0.1) is 0 Å². The zero-order chi connectivity index (χ0) is 19.1. The summed E-state index contributed by atoms with van der Waals surface area (Å²) in [7, 11) is 0. The summed E-state index contributed by atoms with van der Waals surface area (Å²) in [4.78, 5) is 13.1. The van der Waals surface area contributed by atoms with Gasteiger partial charge in [0.2, 0.25) is 0 Å². The average molecular weight is 372 g/mol. The zero-order valence-corrected chi connectivity index (χ0v) is 16.6. The maximum absolute atomic E-state index is 13.1. The third-order valence-electron chi connectivity index (χ3n) is 4.79. The van der Waals surface area contributed by atoms with Crippen molar-refractivity contribution >= 4 is 33.9 Å². The molecular formula is C25H25OP. The van der Waals surface area contributed by atoms with Gasteiger partial charge < -0.3 is 0 Å². The first kappa shape index (κ1) is 19.1. The Bertz CT molecular complexity index is 854. The molecule has 0 aliphatic rings. The Kier molecular flexibility index (Phi) is 6.27. The summed E-state index contributed by atoms with van der Waals surface area (Å²) in [6.07, 6.45) is 3.16. The molecule has 0 spiro atoms. The molecule has 0 aliphatic carbocycles. The Morgan fingerprint density at radius 3 is 1.44 bits per heavy atom. The fourth-order valence-corrected chi connectivity index (χ4v) is 8.35. The Balaban J connectivity index is 2.58. The van der Waals surface area contributed by atoms with Crippen molar-refractivity contribution in [1.82, 2.24) is 0 Å². The molecule has 0 saturated carbocycles. The van der Waals surface area contributed by atoms with E-state index in [1.54, 1.807) is 0 Å². The highest BCUT2D eigenvalue weighted by molar-refractivity contribution is 7.96. The standard InChI is InChI=1S/C25H25OP/c1-3-14-25(24(26)4-2)27(21-15-8-5-9-16-21,22-17-10-6-11-18-22)23-19-12-7-13-20-23/h4-13,15-20H,2-3,14H2,1H3. The molecule has 3 aromatic rings. The maximum Gasteiger partial charge on any atom is 0.182 e. The Labute approximate surface area is 162 Å². The number of rotatable bonds is 7. The van der Waals surface area contributed by atoms with Crippen LogP contribution in [0.3, 0.4) is 0 Å². The van der Waals surface area contributed by atoms with Crippen molar-refractivity contribution in [1.29, 1.82) is 0 Å². The summed E-state index contributed by atoms with van der Waals surface area (Å²) < 4.78 is 0. The van der Waals surface area contributed by atoms with Gasteiger partial charge in [-0.2, -0.15) is 0 Å². The molecule has 0 aromatic heterocycles. The van der Waals surface area contributed by atoms with Gasteiger partial charge in [0.25, 0.3) is 0 Å². The third-order valence-corrected chi connectivity index (χ3v) is 9.26. The molecule has 27 heavy (non-hydrogen) atoms. The minimum Gasteiger partial charge on any atom is -0.290 e. The summed E-state index contributed by atoms with van der Waals surface area (Å²) in [5.41, 5.74) is 0. The van der Waals surface area contributed by atoms with Crippen LogP contribution < -0.4 is 15.9 Å². The Morgan fingerprint density at radius 1 is 0.778 bits per heavy atom. The van der Waals surface area contributed by atoms with Crippen LogP contribution >= 0.6 is 6.89 Å². The lowest BCUT2D eigenvalue weighted by Gasteiger charge is -2.32. The highest BCUT2D eigenvalue weighted by atomic mass is 31.2. The van der Waals surface area contributed by atoms with Crippen LogP contribution in [0.15, 0.2) is 104 Å². The topological polar surface area (TPSA) is 17.1 Å². The molecular weight excluding hydrogens is 347 g/mol. The van der Waals surface area contributed by atoms with Gasteiger partial charge in [-0.3, -0.25) is 4.79 Å². The highest BCUT2D eigenvalue weighted by Crippen LogP contribution is 2.47. The van der Waals surface area contributed by atoms with E-state index in [4.69, 9.17) is 0 Å². The van der Waals surface area contributed by atoms with E-state index in [-0.39, 0.29) is 5.78 Å². The number of hydrogen-bond donors (Lipinski definition) is 0. The average Bonchev–Trinajstić information content (AvgIpc) is 2.75. The van der Waals surface area contributed by atoms with Gasteiger partial charge in [-0.15, -0.1) is 0 Å². The van der Waals surface area contributed by atoms with Crippen molar-refractivity contribution in [2.24, 2.45) is 0 Å². The molecule has 3 aromatic carbocycles. The lowest BCUT2D eigenvalue weighted by molar-refractivity contribution is -0.108. The van der Waals surface area contributed by atoms with E-state index in [9.17, 15) is 4.79 Å². The first-order chi connectivity index (χ1) is 13.2. The molecule has 136 valence electrons. The molecule has 0 amide bonds. The minimum absolute atomic E-state index is 0.0572. The van der Waals surface area contributed by atoms with Crippen LogP contribution in [0.1, 0.15) is 19.8 Å². The predicted molar refractivity (Wildman–Crippen MR) is 120 cm³/mol. The van der Waals surface area contributed by atoms with Gasteiger partial charge in [-0.05, 0) is 35.3 Å². The highest BCUT2D eigenvalue weighted by Gasteiger charge is 2.31. The zero-order valence-electron chi connectivity index (χ0n) is 15.7. The van der Waals surface area contributed by atoms with E-state index in [1.807, 2.05) is 18.2 Å². The lowest BCUT2D eigenvalue weighted by Crippen LogP contribution is -2.33. The summed E-state index contributed by atoms with van der Waals surface area (Å²) >= 11 is 0. The number of ketones is 1. The van der Waals surface area contributed by atoms with Crippen molar-refractivity contribution < 1.29 is 4.79 Å². The summed E-state index contributed by atoms with van der Waals surface area (Å²) in [5, 5.41) is 4.60. The maximum atomic E-state index is 13.1. The second-order valence-corrected chi connectivity index (χ2v) is 9.87. The normalized spacial score (nSPS) is 11.0. The van der Waals surface area contributed by atoms with Crippen LogP contribution in [0, 0.1) is 0 Å². The number of benzene rings is 3. The molecule has 0 aliphatic heterocycles. The summed E-state index contributed by atoms with van der Waals surface area (Å²) in [6.45, 7) is 3.68. The monoisotopic (exact) mass is 372 g/mol. The molecule has 0 unspecified atom stereocenters. The van der Waals surface area contributed by atoms with Crippen LogP contribution in [0.5, 0.6) is 0 Å². The van der Waals surface area contributed by atoms with Gasteiger partial charge in [0, 0.05) is 5.29 Å². The summed E-state index contributed by atoms with van der Waals surface area (Å²) in [6, 6.07) is 31.5. The lowest BCUT2D eigenvalue weighted by atomic mass is 10.2. The minimum atomic E-state index is -2.26. The first-order valence-electron chi connectivity index (χ1n) is 9.34. The van der Waals surface area contributed by atoms with Crippen LogP contribution in [0.2, 0.25) is 0 Å². The van der Waals surface area contributed by atoms with Gasteiger partial charge in [0.1, 0.15) is 0 Å². The predicted octanol–water partition coefficient (Wildman–Crippen LogP) is 4.71. The smallest absolute Gasteiger partial charge is 0.182 e. The molecule has 3 rings (SSSR count). The molecule has 0 saturated heterocycles. The quantitative estimate of drug-likeness (QED) is 0.434. The van der Waals surface area contributed by atoms with E-state index >= 15 is 0 Å². The number of allylic oxidation sites excluding steroid dienone is 1. The fraction of sp³-hybridized carbons (Fsp3) is 0.120. The SMILES string of the molecule is C=CC(=O)C(CCC)=P(c1ccccc1)(c1ccccc1)c1ccccc1. The molecule has 0 heterocycles. The Morgan fingerprint density at radius 2 is 1.15 bits per heavy atom. The third kappa shape index (κ3) is 3.61. The van der Waals surface area contributed by atoms with Crippen LogP contribution in [0.4, 0.5) is 0 Å². The van der Waals surface area contributed by atoms with Crippen LogP contribution in [-0.4, -0.2) is 11.1 Å². The second kappa shape index (κ2) is 8.84. The van der Waals surface area contributed by atoms with E-state index in [0.29, 0.717) is 0 Å². The first-order valence-corrected chi connectivity index (χ1v) is 11.1. The van der Waals surface area contributed by atoms with Crippen molar-refractivity contribution in [3.8, 4) is 0 Å². The van der Waals surface area contributed by atoms with E-state index < -0.39 is 6.89 Å². The van der Waals surface area contributed by atoms with Gasteiger partial charge in [-0.25, -0.2) is 0 Å². The number of carbonyl (C=O) groups is 1. The van der Waals surface area contributed by atoms with Gasteiger partial charge >= 0.3 is 0 Å². The summed E-state index contributed by atoms with van der Waals surface area (Å²) in [5.74, 6) is 0.0572. The molecule has 0 radical (unpaired) electrons. The van der Waals surface area contributed by atoms with Crippen molar-refractivity contribution in [2.75, 3.05) is 0 Å². The van der Waals surface area contributed by atoms with Crippen LogP contribution in [0.25, 0.3) is 0 Å². The van der Waals surface area contributed by atoms with E-state index in [2.05, 4.69) is 86.3 Å². The molecule has 0 bridgehead atoms. The fourth-order valence-electron chi connectivity index (χ4n) is 3.68. The van der Waals surface area contributed by atoms with Crippen molar-refractivity contribution in [3.63, 3.8) is 0 Å². The second-order valence-electron chi connectivity index (χ2n) is 6.44. The Hall–Kier alpha value is -2.63. The van der Waals surface area contributed by atoms with Crippen molar-refractivity contribution in [2.45, 2.75) is 19.8 Å². The molecule has 0 fully saturated rings. The number of hydrogen-bond acceptors (Lipinski definition) is 1. The van der Waals surface area contributed by atoms with Crippen molar-refractivity contribution in [3.05, 3.63) is 104 Å². The molecule has 0 atom stereocenters. The van der Waals surface area contributed by atoms with Gasteiger partial charge in [-0.1, -0.05) is 111 Å². The molecule has 0 N–H and O–H groups in total. The van der Waals surface area contributed by atoms with E-state index in [0.717, 1.165) is 18.1 Å². The largest absolute Gasteiger partial charge is 0.290 e.